The van der Waals surface area contributed by atoms with Crippen molar-refractivity contribution in [2.24, 2.45) is 0 Å². The number of benzene rings is 1. The topological polar surface area (TPSA) is 9.23 Å². The molecule has 0 heterocycles. The molecular formula is C12H17BF3O-. The van der Waals surface area contributed by atoms with Gasteiger partial charge in [-0.05, 0) is 18.6 Å². The molecule has 1 nitrogen and oxygen atoms in total. The summed E-state index contributed by atoms with van der Waals surface area (Å²) in [6, 6.07) is 5.08. The summed E-state index contributed by atoms with van der Waals surface area (Å²) >= 11 is 0. The third-order valence-electron chi connectivity index (χ3n) is 2.50. The Morgan fingerprint density at radius 1 is 1.12 bits per heavy atom. The van der Waals surface area contributed by atoms with Crippen LogP contribution in [-0.2, 0) is 0 Å². The minimum Gasteiger partial charge on any atom is -0.494 e. The third-order valence-corrected chi connectivity index (χ3v) is 2.50. The molecule has 5 heteroatoms. The molecular weight excluding hydrogens is 228 g/mol. The van der Waals surface area contributed by atoms with Crippen molar-refractivity contribution in [3.8, 4) is 5.75 Å². The number of halogens is 3. The van der Waals surface area contributed by atoms with Crippen LogP contribution in [0.2, 0.25) is 0 Å². The Hall–Kier alpha value is -1.13. The molecule has 0 bridgehead atoms. The molecule has 0 spiro atoms. The van der Waals surface area contributed by atoms with Crippen LogP contribution in [-0.4, -0.2) is 13.6 Å². The molecule has 0 amide bonds. The van der Waals surface area contributed by atoms with Gasteiger partial charge in [0.05, 0.1) is 6.61 Å². The fraction of sp³-hybridized carbons (Fsp3) is 0.500. The molecule has 1 aromatic carbocycles. The van der Waals surface area contributed by atoms with Gasteiger partial charge in [0.25, 0.3) is 0 Å². The Morgan fingerprint density at radius 3 is 2.53 bits per heavy atom. The molecule has 0 aliphatic carbocycles. The largest absolute Gasteiger partial charge is 0.509 e. The van der Waals surface area contributed by atoms with E-state index in [2.05, 4.69) is 6.92 Å². The summed E-state index contributed by atoms with van der Waals surface area (Å²) in [5, 5.41) is 0. The van der Waals surface area contributed by atoms with E-state index in [0.29, 0.717) is 12.4 Å². The molecule has 17 heavy (non-hydrogen) atoms. The summed E-state index contributed by atoms with van der Waals surface area (Å²) in [4.78, 5) is 0. The molecule has 96 valence electrons. The Labute approximate surface area is 100 Å². The number of unbranched alkanes of at least 4 members (excludes halogenated alkanes) is 3. The molecule has 0 fully saturated rings. The fourth-order valence-corrected chi connectivity index (χ4v) is 1.53. The van der Waals surface area contributed by atoms with Gasteiger partial charge >= 0.3 is 6.98 Å². The average molecular weight is 245 g/mol. The smallest absolute Gasteiger partial charge is 0.494 e. The Kier molecular flexibility index (Phi) is 5.39. The zero-order valence-electron chi connectivity index (χ0n) is 9.96. The number of ether oxygens (including phenoxy) is 1. The van der Waals surface area contributed by atoms with Crippen molar-refractivity contribution in [3.63, 3.8) is 0 Å². The van der Waals surface area contributed by atoms with E-state index in [0.717, 1.165) is 37.8 Å². The van der Waals surface area contributed by atoms with Crippen LogP contribution in [0, 0.1) is 0 Å². The Balaban J connectivity index is 2.44. The second kappa shape index (κ2) is 6.57. The quantitative estimate of drug-likeness (QED) is 0.525. The van der Waals surface area contributed by atoms with Gasteiger partial charge in [0.1, 0.15) is 5.75 Å². The predicted molar refractivity (Wildman–Crippen MR) is 64.8 cm³/mol. The summed E-state index contributed by atoms with van der Waals surface area (Å²) < 4.78 is 42.7. The fourth-order valence-electron chi connectivity index (χ4n) is 1.53. The van der Waals surface area contributed by atoms with E-state index in [1.54, 1.807) is 6.07 Å². The SMILES string of the molecule is CCCCCCOc1cccc([B-](F)(F)F)c1. The van der Waals surface area contributed by atoms with Gasteiger partial charge in [0, 0.05) is 0 Å². The van der Waals surface area contributed by atoms with Crippen molar-refractivity contribution in [1.29, 1.82) is 0 Å². The normalized spacial score (nSPS) is 11.5. The van der Waals surface area contributed by atoms with Crippen LogP contribution < -0.4 is 10.2 Å². The van der Waals surface area contributed by atoms with Gasteiger partial charge in [-0.15, -0.1) is 5.46 Å². The molecule has 0 aliphatic heterocycles. The lowest BCUT2D eigenvalue weighted by Crippen LogP contribution is -2.33. The van der Waals surface area contributed by atoms with Crippen LogP contribution in [0.15, 0.2) is 24.3 Å². The molecule has 1 aromatic rings. The molecule has 0 saturated carbocycles. The first-order valence-electron chi connectivity index (χ1n) is 5.96. The highest BCUT2D eigenvalue weighted by molar-refractivity contribution is 6.73. The highest BCUT2D eigenvalue weighted by atomic mass is 19.4. The van der Waals surface area contributed by atoms with Crippen LogP contribution in [0.5, 0.6) is 5.75 Å². The highest BCUT2D eigenvalue weighted by Gasteiger charge is 2.25. The van der Waals surface area contributed by atoms with Crippen LogP contribution in [0.3, 0.4) is 0 Å². The van der Waals surface area contributed by atoms with Gasteiger partial charge < -0.3 is 17.7 Å². The second-order valence-corrected chi connectivity index (χ2v) is 4.06. The summed E-state index contributed by atoms with van der Waals surface area (Å²) in [7, 11) is 0. The molecule has 0 atom stereocenters. The standard InChI is InChI=1S/C12H17BF3O/c1-2-3-4-5-9-17-12-8-6-7-11(10-12)13(14,15)16/h6-8,10H,2-5,9H2,1H3/q-1. The van der Waals surface area contributed by atoms with E-state index < -0.39 is 12.4 Å². The Morgan fingerprint density at radius 2 is 1.88 bits per heavy atom. The average Bonchev–Trinajstić information content (AvgIpc) is 2.28. The van der Waals surface area contributed by atoms with E-state index in [1.165, 1.54) is 6.07 Å². The molecule has 0 unspecified atom stereocenters. The predicted octanol–water partition coefficient (Wildman–Crippen LogP) is 3.70. The zero-order chi connectivity index (χ0) is 12.7. The molecule has 1 rings (SSSR count). The van der Waals surface area contributed by atoms with Crippen LogP contribution in [0.25, 0.3) is 0 Å². The minimum absolute atomic E-state index is 0.304. The van der Waals surface area contributed by atoms with Gasteiger partial charge in [0.2, 0.25) is 0 Å². The van der Waals surface area contributed by atoms with E-state index in [4.69, 9.17) is 4.74 Å². The van der Waals surface area contributed by atoms with Gasteiger partial charge in [-0.2, -0.15) is 0 Å². The maximum atomic E-state index is 12.5. The highest BCUT2D eigenvalue weighted by Crippen LogP contribution is 2.14. The number of hydrogen-bond donors (Lipinski definition) is 0. The minimum atomic E-state index is -4.93. The lowest BCUT2D eigenvalue weighted by molar-refractivity contribution is 0.305. The molecule has 0 radical (unpaired) electrons. The van der Waals surface area contributed by atoms with Crippen molar-refractivity contribution in [2.75, 3.05) is 6.61 Å². The first-order valence-corrected chi connectivity index (χ1v) is 5.96. The third kappa shape index (κ3) is 5.15. The van der Waals surface area contributed by atoms with Crippen LogP contribution in [0.1, 0.15) is 32.6 Å². The summed E-state index contributed by atoms with van der Waals surface area (Å²) in [5.41, 5.74) is -0.601. The second-order valence-electron chi connectivity index (χ2n) is 4.06. The first-order chi connectivity index (χ1) is 8.04. The van der Waals surface area contributed by atoms with E-state index in [-0.39, 0.29) is 0 Å². The van der Waals surface area contributed by atoms with Gasteiger partial charge in [-0.3, -0.25) is 0 Å². The molecule has 0 aliphatic rings. The van der Waals surface area contributed by atoms with Gasteiger partial charge in [-0.25, -0.2) is 0 Å². The van der Waals surface area contributed by atoms with Gasteiger partial charge in [-0.1, -0.05) is 38.3 Å². The van der Waals surface area contributed by atoms with E-state index in [1.807, 2.05) is 0 Å². The molecule has 0 saturated heterocycles. The molecule has 0 N–H and O–H groups in total. The van der Waals surface area contributed by atoms with Crippen LogP contribution >= 0.6 is 0 Å². The maximum Gasteiger partial charge on any atom is 0.509 e. The van der Waals surface area contributed by atoms with E-state index >= 15 is 0 Å². The summed E-state index contributed by atoms with van der Waals surface area (Å²) in [5.74, 6) is 0.304. The van der Waals surface area contributed by atoms with Crippen molar-refractivity contribution in [3.05, 3.63) is 24.3 Å². The number of hydrogen-bond acceptors (Lipinski definition) is 1. The van der Waals surface area contributed by atoms with Crippen LogP contribution in [0.4, 0.5) is 12.9 Å². The van der Waals surface area contributed by atoms with Crippen molar-refractivity contribution >= 4 is 12.4 Å². The maximum absolute atomic E-state index is 12.5. The summed E-state index contributed by atoms with van der Waals surface area (Å²) in [6.45, 7) is -2.35. The lowest BCUT2D eigenvalue weighted by Gasteiger charge is -2.16. The van der Waals surface area contributed by atoms with Crippen molar-refractivity contribution in [2.45, 2.75) is 32.6 Å². The number of rotatable bonds is 7. The zero-order valence-corrected chi connectivity index (χ0v) is 9.96. The van der Waals surface area contributed by atoms with Gasteiger partial charge in [0.15, 0.2) is 0 Å². The van der Waals surface area contributed by atoms with E-state index in [9.17, 15) is 12.9 Å². The monoisotopic (exact) mass is 245 g/mol. The van der Waals surface area contributed by atoms with Crippen molar-refractivity contribution < 1.29 is 17.7 Å². The lowest BCUT2D eigenvalue weighted by atomic mass is 9.80. The Bertz CT molecular complexity index is 339. The molecule has 0 aromatic heterocycles. The first kappa shape index (κ1) is 13.9. The van der Waals surface area contributed by atoms with Crippen molar-refractivity contribution in [1.82, 2.24) is 0 Å². The summed E-state index contributed by atoms with van der Waals surface area (Å²) in [6.07, 6.45) is 4.20.